The van der Waals surface area contributed by atoms with E-state index < -0.39 is 11.9 Å². The number of furan rings is 1. The molecule has 24 heavy (non-hydrogen) atoms. The minimum atomic E-state index is -0.975. The maximum Gasteiger partial charge on any atom is 0.335 e. The van der Waals surface area contributed by atoms with E-state index in [1.165, 1.54) is 30.7 Å². The van der Waals surface area contributed by atoms with Crippen molar-refractivity contribution in [2.75, 3.05) is 0 Å². The molecule has 7 nitrogen and oxygen atoms in total. The Kier molecular flexibility index (Phi) is 4.24. The van der Waals surface area contributed by atoms with Crippen LogP contribution in [0.5, 0.6) is 0 Å². The van der Waals surface area contributed by atoms with Gasteiger partial charge in [-0.2, -0.15) is 5.10 Å². The summed E-state index contributed by atoms with van der Waals surface area (Å²) in [4.78, 5) is 22.6. The molecule has 0 aliphatic rings. The van der Waals surface area contributed by atoms with Crippen LogP contribution in [0, 0.1) is 0 Å². The molecule has 0 fully saturated rings. The molecule has 1 amide bonds. The van der Waals surface area contributed by atoms with Crippen molar-refractivity contribution in [3.63, 3.8) is 0 Å². The van der Waals surface area contributed by atoms with Crippen molar-refractivity contribution in [1.29, 1.82) is 0 Å². The fourth-order valence-electron chi connectivity index (χ4n) is 2.12. The number of hydrogen-bond acceptors (Lipinski definition) is 4. The van der Waals surface area contributed by atoms with Gasteiger partial charge in [-0.05, 0) is 48.5 Å². The van der Waals surface area contributed by atoms with Crippen LogP contribution in [-0.2, 0) is 0 Å². The van der Waals surface area contributed by atoms with Crippen molar-refractivity contribution >= 4 is 18.1 Å². The van der Waals surface area contributed by atoms with Crippen molar-refractivity contribution in [3.8, 4) is 5.69 Å². The lowest BCUT2D eigenvalue weighted by atomic mass is 10.2. The van der Waals surface area contributed by atoms with E-state index in [0.717, 1.165) is 11.4 Å². The summed E-state index contributed by atoms with van der Waals surface area (Å²) in [6.07, 6.45) is 4.71. The lowest BCUT2D eigenvalue weighted by molar-refractivity contribution is 0.0696. The fraction of sp³-hybridized carbons (Fsp3) is 0. The largest absolute Gasteiger partial charge is 0.478 e. The summed E-state index contributed by atoms with van der Waals surface area (Å²) >= 11 is 0. The maximum atomic E-state index is 11.7. The SMILES string of the molecule is O=C(O)c1ccc(-n2cccc2C=NNC(=O)c2ccco2)cc1. The Morgan fingerprint density at radius 3 is 2.58 bits per heavy atom. The van der Waals surface area contributed by atoms with Gasteiger partial charge in [0.2, 0.25) is 0 Å². The molecule has 0 radical (unpaired) electrons. The molecule has 0 saturated carbocycles. The van der Waals surface area contributed by atoms with Crippen molar-refractivity contribution in [2.45, 2.75) is 0 Å². The first kappa shape index (κ1) is 15.3. The van der Waals surface area contributed by atoms with Crippen LogP contribution in [0.2, 0.25) is 0 Å². The number of carbonyl (C=O) groups is 2. The van der Waals surface area contributed by atoms with Crippen LogP contribution in [0.25, 0.3) is 5.69 Å². The van der Waals surface area contributed by atoms with Gasteiger partial charge in [0.05, 0.1) is 23.7 Å². The zero-order valence-electron chi connectivity index (χ0n) is 12.4. The molecular weight excluding hydrogens is 310 g/mol. The first-order chi connectivity index (χ1) is 11.6. The number of carbonyl (C=O) groups excluding carboxylic acids is 1. The van der Waals surface area contributed by atoms with Crippen LogP contribution in [0.4, 0.5) is 0 Å². The number of nitrogens with zero attached hydrogens (tertiary/aromatic N) is 2. The molecule has 0 atom stereocenters. The number of hydrogen-bond donors (Lipinski definition) is 2. The lowest BCUT2D eigenvalue weighted by Crippen LogP contribution is -2.17. The number of carboxylic acids is 1. The van der Waals surface area contributed by atoms with Crippen molar-refractivity contribution in [1.82, 2.24) is 9.99 Å². The monoisotopic (exact) mass is 323 g/mol. The second-order valence-electron chi connectivity index (χ2n) is 4.83. The molecule has 0 aliphatic heterocycles. The molecule has 3 aromatic rings. The predicted octanol–water partition coefficient (Wildman–Crippen LogP) is 2.53. The first-order valence-corrected chi connectivity index (χ1v) is 7.03. The summed E-state index contributed by atoms with van der Waals surface area (Å²) in [6.45, 7) is 0. The van der Waals surface area contributed by atoms with E-state index in [-0.39, 0.29) is 11.3 Å². The fourth-order valence-corrected chi connectivity index (χ4v) is 2.12. The second-order valence-corrected chi connectivity index (χ2v) is 4.83. The molecule has 0 spiro atoms. The van der Waals surface area contributed by atoms with E-state index in [1.54, 1.807) is 18.2 Å². The standard InChI is InChI=1S/C17H13N3O4/c21-16(15-4-2-10-24-15)19-18-11-14-3-1-9-20(14)13-7-5-12(6-8-13)17(22)23/h1-11H,(H,19,21)(H,22,23). The molecule has 0 aliphatic carbocycles. The number of nitrogens with one attached hydrogen (secondary N) is 1. The summed E-state index contributed by atoms with van der Waals surface area (Å²) in [5.41, 5.74) is 4.09. The topological polar surface area (TPSA) is 96.8 Å². The van der Waals surface area contributed by atoms with Gasteiger partial charge in [0.1, 0.15) is 0 Å². The highest BCUT2D eigenvalue weighted by Crippen LogP contribution is 2.13. The third-order valence-corrected chi connectivity index (χ3v) is 3.28. The van der Waals surface area contributed by atoms with Crippen molar-refractivity contribution in [3.05, 3.63) is 78.0 Å². The Morgan fingerprint density at radius 1 is 1.12 bits per heavy atom. The van der Waals surface area contributed by atoms with Crippen LogP contribution in [0.1, 0.15) is 26.6 Å². The van der Waals surface area contributed by atoms with Crippen LogP contribution in [0.15, 0.2) is 70.5 Å². The molecule has 0 unspecified atom stereocenters. The molecule has 120 valence electrons. The maximum absolute atomic E-state index is 11.7. The highest BCUT2D eigenvalue weighted by atomic mass is 16.4. The molecule has 2 N–H and O–H groups in total. The Bertz CT molecular complexity index is 877. The van der Waals surface area contributed by atoms with E-state index >= 15 is 0 Å². The zero-order valence-corrected chi connectivity index (χ0v) is 12.4. The van der Waals surface area contributed by atoms with E-state index in [0.29, 0.717) is 0 Å². The number of carboxylic acid groups (broad SMARTS) is 1. The quantitative estimate of drug-likeness (QED) is 0.557. The van der Waals surface area contributed by atoms with E-state index in [4.69, 9.17) is 9.52 Å². The number of benzene rings is 1. The molecule has 0 saturated heterocycles. The average Bonchev–Trinajstić information content (AvgIpc) is 3.26. The van der Waals surface area contributed by atoms with Crippen LogP contribution >= 0.6 is 0 Å². The highest BCUT2D eigenvalue weighted by Gasteiger charge is 2.07. The Labute approximate surface area is 136 Å². The van der Waals surface area contributed by atoms with Gasteiger partial charge in [0, 0.05) is 11.9 Å². The normalized spacial score (nSPS) is 10.8. The molecule has 7 heteroatoms. The number of aromatic carboxylic acids is 1. The molecule has 3 rings (SSSR count). The van der Waals surface area contributed by atoms with Gasteiger partial charge in [0.15, 0.2) is 5.76 Å². The third-order valence-electron chi connectivity index (χ3n) is 3.28. The lowest BCUT2D eigenvalue weighted by Gasteiger charge is -2.06. The van der Waals surface area contributed by atoms with Gasteiger partial charge in [-0.1, -0.05) is 0 Å². The van der Waals surface area contributed by atoms with E-state index in [9.17, 15) is 9.59 Å². The summed E-state index contributed by atoms with van der Waals surface area (Å²) in [5, 5.41) is 12.8. The van der Waals surface area contributed by atoms with Gasteiger partial charge in [0.25, 0.3) is 0 Å². The number of hydrazone groups is 1. The van der Waals surface area contributed by atoms with E-state index in [1.807, 2.05) is 22.9 Å². The number of aromatic nitrogens is 1. The summed E-state index contributed by atoms with van der Waals surface area (Å²) in [5.74, 6) is -1.25. The zero-order chi connectivity index (χ0) is 16.9. The van der Waals surface area contributed by atoms with Crippen LogP contribution in [0.3, 0.4) is 0 Å². The van der Waals surface area contributed by atoms with Gasteiger partial charge in [-0.15, -0.1) is 0 Å². The Balaban J connectivity index is 1.74. The average molecular weight is 323 g/mol. The van der Waals surface area contributed by atoms with Gasteiger partial charge in [-0.25, -0.2) is 10.2 Å². The summed E-state index contributed by atoms with van der Waals surface area (Å²) in [6, 6.07) is 13.2. The highest BCUT2D eigenvalue weighted by molar-refractivity contribution is 5.92. The second kappa shape index (κ2) is 6.66. The minimum absolute atomic E-state index is 0.173. The Hall–Kier alpha value is -3.61. The first-order valence-electron chi connectivity index (χ1n) is 7.03. The predicted molar refractivity (Wildman–Crippen MR) is 86.5 cm³/mol. The van der Waals surface area contributed by atoms with E-state index in [2.05, 4.69) is 10.5 Å². The van der Waals surface area contributed by atoms with Crippen molar-refractivity contribution in [2.24, 2.45) is 5.10 Å². The van der Waals surface area contributed by atoms with Gasteiger partial charge in [-0.3, -0.25) is 4.79 Å². The van der Waals surface area contributed by atoms with Gasteiger partial charge >= 0.3 is 11.9 Å². The molecule has 2 aromatic heterocycles. The third kappa shape index (κ3) is 3.25. The molecule has 0 bridgehead atoms. The van der Waals surface area contributed by atoms with Crippen molar-refractivity contribution < 1.29 is 19.1 Å². The molecule has 2 heterocycles. The smallest absolute Gasteiger partial charge is 0.335 e. The number of amides is 1. The Morgan fingerprint density at radius 2 is 1.92 bits per heavy atom. The molecule has 1 aromatic carbocycles. The van der Waals surface area contributed by atoms with Crippen LogP contribution < -0.4 is 5.43 Å². The van der Waals surface area contributed by atoms with Gasteiger partial charge < -0.3 is 14.1 Å². The molecular formula is C17H13N3O4. The van der Waals surface area contributed by atoms with Crippen LogP contribution in [-0.4, -0.2) is 27.8 Å². The summed E-state index contributed by atoms with van der Waals surface area (Å²) in [7, 11) is 0. The number of rotatable bonds is 5. The minimum Gasteiger partial charge on any atom is -0.478 e. The summed E-state index contributed by atoms with van der Waals surface area (Å²) < 4.78 is 6.78.